The Morgan fingerprint density at radius 2 is 2.00 bits per heavy atom. The van der Waals surface area contributed by atoms with Gasteiger partial charge < -0.3 is 13.8 Å². The van der Waals surface area contributed by atoms with E-state index < -0.39 is 33.8 Å². The van der Waals surface area contributed by atoms with Gasteiger partial charge in [0.05, 0.1) is 5.92 Å². The third-order valence-electron chi connectivity index (χ3n) is 5.80. The van der Waals surface area contributed by atoms with E-state index in [0.717, 1.165) is 0 Å². The number of piperidine rings is 1. The minimum atomic E-state index is -3.86. The van der Waals surface area contributed by atoms with Crippen molar-refractivity contribution >= 4 is 16.0 Å². The maximum atomic E-state index is 13.8. The summed E-state index contributed by atoms with van der Waals surface area (Å²) < 4.78 is 57.0. The van der Waals surface area contributed by atoms with Gasteiger partial charge in [-0.1, -0.05) is 22.4 Å². The molecule has 0 aliphatic carbocycles. The van der Waals surface area contributed by atoms with E-state index in [0.29, 0.717) is 24.0 Å². The van der Waals surface area contributed by atoms with Crippen molar-refractivity contribution in [3.05, 3.63) is 46.9 Å². The van der Waals surface area contributed by atoms with Crippen LogP contribution in [0.2, 0.25) is 0 Å². The third-order valence-corrected chi connectivity index (χ3v) is 7.91. The lowest BCUT2D eigenvalue weighted by atomic mass is 10.00. The SMILES string of the molecule is Cc1ccc(-c2noc(C(C)OC(=O)C3CCCN(S(=O)(=O)c4c(C)noc4C)C3)n2)cc1F. The fraction of sp³-hybridized carbons (Fsp3) is 0.455. The van der Waals surface area contributed by atoms with Crippen molar-refractivity contribution in [1.29, 1.82) is 0 Å². The molecule has 3 aromatic rings. The van der Waals surface area contributed by atoms with Crippen LogP contribution in [-0.4, -0.2) is 47.1 Å². The smallest absolute Gasteiger partial charge is 0.311 e. The Morgan fingerprint density at radius 1 is 1.24 bits per heavy atom. The van der Waals surface area contributed by atoms with Crippen molar-refractivity contribution in [2.45, 2.75) is 51.5 Å². The highest BCUT2D eigenvalue weighted by molar-refractivity contribution is 7.89. The molecule has 0 spiro atoms. The number of hydrogen-bond acceptors (Lipinski definition) is 9. The lowest BCUT2D eigenvalue weighted by molar-refractivity contribution is -0.156. The zero-order chi connectivity index (χ0) is 24.6. The summed E-state index contributed by atoms with van der Waals surface area (Å²) in [6, 6.07) is 4.58. The van der Waals surface area contributed by atoms with Gasteiger partial charge in [-0.3, -0.25) is 4.79 Å². The molecule has 1 saturated heterocycles. The van der Waals surface area contributed by atoms with Crippen LogP contribution in [0.3, 0.4) is 0 Å². The van der Waals surface area contributed by atoms with Gasteiger partial charge in [0.1, 0.15) is 16.4 Å². The average molecular weight is 493 g/mol. The van der Waals surface area contributed by atoms with Crippen LogP contribution in [0.1, 0.15) is 48.8 Å². The van der Waals surface area contributed by atoms with E-state index in [4.69, 9.17) is 13.8 Å². The molecule has 2 atom stereocenters. The molecule has 12 heteroatoms. The van der Waals surface area contributed by atoms with Gasteiger partial charge in [-0.2, -0.15) is 9.29 Å². The molecule has 0 saturated carbocycles. The van der Waals surface area contributed by atoms with Crippen LogP contribution in [0.25, 0.3) is 11.4 Å². The average Bonchev–Trinajstić information content (AvgIpc) is 3.43. The highest BCUT2D eigenvalue weighted by Gasteiger charge is 2.37. The molecule has 3 heterocycles. The quantitative estimate of drug-likeness (QED) is 0.475. The Balaban J connectivity index is 1.43. The van der Waals surface area contributed by atoms with E-state index in [1.165, 1.54) is 17.3 Å². The molecule has 0 N–H and O–H groups in total. The fourth-order valence-electron chi connectivity index (χ4n) is 3.90. The molecule has 1 aliphatic rings. The molecule has 1 aromatic carbocycles. The molecule has 10 nitrogen and oxygen atoms in total. The van der Waals surface area contributed by atoms with Gasteiger partial charge in [0.2, 0.25) is 15.8 Å². The standard InChI is InChI=1S/C22H25FN4O6S/c1-12-7-8-16(10-18(12)23)20-24-21(33-26-20)15(4)31-22(28)17-6-5-9-27(11-17)34(29,30)19-13(2)25-32-14(19)3/h7-8,10,15,17H,5-6,9,11H2,1-4H3. The van der Waals surface area contributed by atoms with Gasteiger partial charge in [0, 0.05) is 18.7 Å². The Hall–Kier alpha value is -3.12. The monoisotopic (exact) mass is 492 g/mol. The Bertz CT molecular complexity index is 1300. The van der Waals surface area contributed by atoms with E-state index >= 15 is 0 Å². The molecule has 0 bridgehead atoms. The van der Waals surface area contributed by atoms with Crippen LogP contribution in [0.4, 0.5) is 4.39 Å². The van der Waals surface area contributed by atoms with Crippen molar-refractivity contribution in [3.63, 3.8) is 0 Å². The number of esters is 1. The third kappa shape index (κ3) is 4.60. The number of nitrogens with zero attached hydrogens (tertiary/aromatic N) is 4. The predicted octanol–water partition coefficient (Wildman–Crippen LogP) is 3.49. The lowest BCUT2D eigenvalue weighted by Crippen LogP contribution is -2.43. The van der Waals surface area contributed by atoms with Crippen LogP contribution in [0.15, 0.2) is 32.1 Å². The first-order valence-electron chi connectivity index (χ1n) is 10.8. The van der Waals surface area contributed by atoms with E-state index in [-0.39, 0.29) is 41.2 Å². The first kappa shape index (κ1) is 24.0. The fourth-order valence-corrected chi connectivity index (χ4v) is 5.71. The second kappa shape index (κ2) is 9.26. The van der Waals surface area contributed by atoms with Gasteiger partial charge in [0.25, 0.3) is 5.89 Å². The van der Waals surface area contributed by atoms with E-state index in [1.54, 1.807) is 32.9 Å². The van der Waals surface area contributed by atoms with Gasteiger partial charge in [-0.15, -0.1) is 0 Å². The van der Waals surface area contributed by atoms with Crippen molar-refractivity contribution in [2.24, 2.45) is 5.92 Å². The number of carbonyl (C=O) groups is 1. The van der Waals surface area contributed by atoms with Crippen molar-refractivity contribution < 1.29 is 31.4 Å². The number of hydrogen-bond donors (Lipinski definition) is 0. The van der Waals surface area contributed by atoms with Crippen LogP contribution in [-0.2, 0) is 19.6 Å². The zero-order valence-electron chi connectivity index (χ0n) is 19.2. The molecule has 2 unspecified atom stereocenters. The normalized spacial score (nSPS) is 18.1. The zero-order valence-corrected chi connectivity index (χ0v) is 20.1. The molecule has 2 aromatic heterocycles. The topological polar surface area (TPSA) is 129 Å². The summed E-state index contributed by atoms with van der Waals surface area (Å²) in [5, 5.41) is 7.56. The summed E-state index contributed by atoms with van der Waals surface area (Å²) in [5.74, 6) is -1.17. The number of benzene rings is 1. The first-order chi connectivity index (χ1) is 16.1. The molecule has 4 rings (SSSR count). The summed E-state index contributed by atoms with van der Waals surface area (Å²) >= 11 is 0. The minimum Gasteiger partial charge on any atom is -0.452 e. The molecule has 1 aliphatic heterocycles. The number of aromatic nitrogens is 3. The second-order valence-corrected chi connectivity index (χ2v) is 10.2. The lowest BCUT2D eigenvalue weighted by Gasteiger charge is -2.30. The number of carbonyl (C=O) groups excluding carboxylic acids is 1. The van der Waals surface area contributed by atoms with E-state index in [2.05, 4.69) is 15.3 Å². The molecular formula is C22H25FN4O6S. The summed E-state index contributed by atoms with van der Waals surface area (Å²) in [6.07, 6.45) is 0.121. The number of ether oxygens (including phenoxy) is 1. The molecule has 1 fully saturated rings. The van der Waals surface area contributed by atoms with Crippen molar-refractivity contribution in [3.8, 4) is 11.4 Å². The Morgan fingerprint density at radius 3 is 2.68 bits per heavy atom. The number of halogens is 1. The van der Waals surface area contributed by atoms with Gasteiger partial charge >= 0.3 is 5.97 Å². The summed E-state index contributed by atoms with van der Waals surface area (Å²) in [4.78, 5) is 17.1. The van der Waals surface area contributed by atoms with Crippen LogP contribution < -0.4 is 0 Å². The Kier molecular flexibility index (Phi) is 6.54. The van der Waals surface area contributed by atoms with Crippen molar-refractivity contribution in [1.82, 2.24) is 19.6 Å². The van der Waals surface area contributed by atoms with Crippen LogP contribution >= 0.6 is 0 Å². The molecule has 34 heavy (non-hydrogen) atoms. The van der Waals surface area contributed by atoms with Gasteiger partial charge in [-0.05, 0) is 52.2 Å². The van der Waals surface area contributed by atoms with Gasteiger partial charge in [0.15, 0.2) is 11.9 Å². The largest absolute Gasteiger partial charge is 0.452 e. The minimum absolute atomic E-state index is 0.0182. The van der Waals surface area contributed by atoms with Gasteiger partial charge in [-0.25, -0.2) is 12.8 Å². The van der Waals surface area contributed by atoms with E-state index in [9.17, 15) is 17.6 Å². The highest BCUT2D eigenvalue weighted by Crippen LogP contribution is 2.29. The maximum absolute atomic E-state index is 13.8. The number of rotatable bonds is 6. The Labute approximate surface area is 196 Å². The molecular weight excluding hydrogens is 467 g/mol. The van der Waals surface area contributed by atoms with Crippen LogP contribution in [0, 0.1) is 32.5 Å². The summed E-state index contributed by atoms with van der Waals surface area (Å²) in [5.41, 5.74) is 1.20. The van der Waals surface area contributed by atoms with Crippen molar-refractivity contribution in [2.75, 3.05) is 13.1 Å². The molecule has 182 valence electrons. The molecule has 0 amide bonds. The second-order valence-electron chi connectivity index (χ2n) is 8.35. The van der Waals surface area contributed by atoms with E-state index in [1.807, 2.05) is 0 Å². The van der Waals surface area contributed by atoms with Crippen LogP contribution in [0.5, 0.6) is 0 Å². The summed E-state index contributed by atoms with van der Waals surface area (Å²) in [7, 11) is -3.86. The predicted molar refractivity (Wildman–Crippen MR) is 116 cm³/mol. The maximum Gasteiger partial charge on any atom is 0.311 e. The first-order valence-corrected chi connectivity index (χ1v) is 12.3. The molecule has 0 radical (unpaired) electrons. The number of aryl methyl sites for hydroxylation is 3. The highest BCUT2D eigenvalue weighted by atomic mass is 32.2. The summed E-state index contributed by atoms with van der Waals surface area (Å²) in [6.45, 7) is 6.58. The number of sulfonamides is 1.